The molecular weight excluding hydrogens is 217 g/mol. The van der Waals surface area contributed by atoms with E-state index < -0.39 is 0 Å². The molecule has 17 heavy (non-hydrogen) atoms. The molecule has 1 fully saturated rings. The summed E-state index contributed by atoms with van der Waals surface area (Å²) in [5.41, 5.74) is 0. The lowest BCUT2D eigenvalue weighted by Crippen LogP contribution is -2.41. The topological polar surface area (TPSA) is 20.3 Å². The Morgan fingerprint density at radius 2 is 2.00 bits per heavy atom. The molecule has 3 heteroatoms. The molecule has 0 radical (unpaired) electrons. The molecule has 0 N–H and O–H groups in total. The van der Waals surface area contributed by atoms with Crippen molar-refractivity contribution in [2.24, 2.45) is 0 Å². The molecule has 0 unspecified atom stereocenters. The molecule has 0 bridgehead atoms. The molecule has 98 valence electrons. The van der Waals surface area contributed by atoms with E-state index in [0.29, 0.717) is 31.8 Å². The third kappa shape index (κ3) is 4.88. The Bertz CT molecular complexity index is 236. The van der Waals surface area contributed by atoms with Crippen molar-refractivity contribution in [1.82, 2.24) is 4.90 Å². The minimum Gasteiger partial charge on any atom is -0.336 e. The van der Waals surface area contributed by atoms with Crippen LogP contribution in [0.2, 0.25) is 0 Å². The first kappa shape index (κ1) is 14.2. The smallest absolute Gasteiger partial charge is 0.223 e. The first-order valence-corrected chi connectivity index (χ1v) is 6.76. The van der Waals surface area contributed by atoms with Crippen LogP contribution >= 0.6 is 0 Å². The fourth-order valence-electron chi connectivity index (χ4n) is 2.50. The minimum absolute atomic E-state index is 0.172. The first-order chi connectivity index (χ1) is 8.29. The van der Waals surface area contributed by atoms with Crippen LogP contribution in [0.1, 0.15) is 51.4 Å². The maximum absolute atomic E-state index is 12.1. The van der Waals surface area contributed by atoms with E-state index in [1.54, 1.807) is 6.08 Å². The van der Waals surface area contributed by atoms with Gasteiger partial charge in [-0.05, 0) is 25.7 Å². The highest BCUT2D eigenvalue weighted by Gasteiger charge is 2.23. The molecule has 0 spiro atoms. The van der Waals surface area contributed by atoms with E-state index >= 15 is 0 Å². The van der Waals surface area contributed by atoms with E-state index in [-0.39, 0.29) is 12.6 Å². The van der Waals surface area contributed by atoms with E-state index in [9.17, 15) is 9.18 Å². The van der Waals surface area contributed by atoms with Crippen LogP contribution in [0.15, 0.2) is 12.7 Å². The molecule has 0 atom stereocenters. The Balaban J connectivity index is 2.44. The van der Waals surface area contributed by atoms with Gasteiger partial charge in [0.05, 0.1) is 6.67 Å². The molecule has 0 aliphatic heterocycles. The predicted octanol–water partition coefficient (Wildman–Crippen LogP) is 3.47. The minimum atomic E-state index is -0.321. The number of amides is 1. The van der Waals surface area contributed by atoms with Crippen LogP contribution < -0.4 is 0 Å². The van der Waals surface area contributed by atoms with Crippen molar-refractivity contribution in [1.29, 1.82) is 0 Å². The second-order valence-corrected chi connectivity index (χ2v) is 4.77. The number of carbonyl (C=O) groups is 1. The zero-order valence-corrected chi connectivity index (χ0v) is 10.7. The number of unbranched alkanes of at least 4 members (excludes halogenated alkanes) is 1. The number of hydrogen-bond acceptors (Lipinski definition) is 1. The number of hydrogen-bond donors (Lipinski definition) is 0. The van der Waals surface area contributed by atoms with Gasteiger partial charge in [-0.2, -0.15) is 0 Å². The van der Waals surface area contributed by atoms with Crippen LogP contribution in [-0.4, -0.2) is 30.1 Å². The standard InChI is InChI=1S/C14H24FNO/c1-2-12-16(13-8-4-3-5-9-13)14(17)10-6-7-11-15/h2,13H,1,3-12H2. The van der Waals surface area contributed by atoms with Gasteiger partial charge in [-0.3, -0.25) is 9.18 Å². The lowest BCUT2D eigenvalue weighted by molar-refractivity contribution is -0.133. The first-order valence-electron chi connectivity index (χ1n) is 6.76. The average molecular weight is 241 g/mol. The predicted molar refractivity (Wildman–Crippen MR) is 68.6 cm³/mol. The molecular formula is C14H24FNO. The lowest BCUT2D eigenvalue weighted by atomic mass is 9.94. The van der Waals surface area contributed by atoms with E-state index in [0.717, 1.165) is 12.8 Å². The van der Waals surface area contributed by atoms with E-state index in [1.165, 1.54) is 19.3 Å². The van der Waals surface area contributed by atoms with Gasteiger partial charge in [-0.15, -0.1) is 6.58 Å². The summed E-state index contributed by atoms with van der Waals surface area (Å²) in [5, 5.41) is 0. The third-order valence-corrected chi connectivity index (χ3v) is 3.44. The molecule has 1 saturated carbocycles. The summed E-state index contributed by atoms with van der Waals surface area (Å²) < 4.78 is 12.0. The van der Waals surface area contributed by atoms with Crippen molar-refractivity contribution in [2.75, 3.05) is 13.2 Å². The van der Waals surface area contributed by atoms with Crippen molar-refractivity contribution in [2.45, 2.75) is 57.4 Å². The summed E-state index contributed by atoms with van der Waals surface area (Å²) >= 11 is 0. The third-order valence-electron chi connectivity index (χ3n) is 3.44. The zero-order valence-electron chi connectivity index (χ0n) is 10.7. The van der Waals surface area contributed by atoms with Crippen molar-refractivity contribution in [3.05, 3.63) is 12.7 Å². The highest BCUT2D eigenvalue weighted by atomic mass is 19.1. The van der Waals surface area contributed by atoms with Crippen molar-refractivity contribution >= 4 is 5.91 Å². The monoisotopic (exact) mass is 241 g/mol. The Kier molecular flexibility index (Phi) is 6.90. The van der Waals surface area contributed by atoms with Crippen LogP contribution in [0, 0.1) is 0 Å². The van der Waals surface area contributed by atoms with Crippen molar-refractivity contribution in [3.63, 3.8) is 0 Å². The second-order valence-electron chi connectivity index (χ2n) is 4.77. The summed E-state index contributed by atoms with van der Waals surface area (Å²) in [7, 11) is 0. The summed E-state index contributed by atoms with van der Waals surface area (Å²) in [6, 6.07) is 0.389. The molecule has 0 aromatic carbocycles. The van der Waals surface area contributed by atoms with Crippen molar-refractivity contribution < 1.29 is 9.18 Å². The fraction of sp³-hybridized carbons (Fsp3) is 0.786. The van der Waals surface area contributed by atoms with Gasteiger partial charge < -0.3 is 4.90 Å². The maximum atomic E-state index is 12.1. The largest absolute Gasteiger partial charge is 0.336 e. The molecule has 2 nitrogen and oxygen atoms in total. The molecule has 0 heterocycles. The zero-order chi connectivity index (χ0) is 12.5. The van der Waals surface area contributed by atoms with Gasteiger partial charge >= 0.3 is 0 Å². The maximum Gasteiger partial charge on any atom is 0.223 e. The Labute approximate surface area is 104 Å². The number of alkyl halides is 1. The van der Waals surface area contributed by atoms with Gasteiger partial charge in [0.15, 0.2) is 0 Å². The quantitative estimate of drug-likeness (QED) is 0.493. The van der Waals surface area contributed by atoms with Crippen LogP contribution in [0.4, 0.5) is 4.39 Å². The average Bonchev–Trinajstić information content (AvgIpc) is 2.37. The Hall–Kier alpha value is -0.860. The van der Waals surface area contributed by atoms with E-state index in [1.807, 2.05) is 4.90 Å². The molecule has 1 amide bonds. The Morgan fingerprint density at radius 1 is 1.29 bits per heavy atom. The molecule has 0 saturated heterocycles. The van der Waals surface area contributed by atoms with Crippen LogP contribution in [-0.2, 0) is 4.79 Å². The number of halogens is 1. The molecule has 1 rings (SSSR count). The van der Waals surface area contributed by atoms with Crippen LogP contribution in [0.5, 0.6) is 0 Å². The highest BCUT2D eigenvalue weighted by Crippen LogP contribution is 2.23. The summed E-state index contributed by atoms with van der Waals surface area (Å²) in [5.74, 6) is 0.172. The van der Waals surface area contributed by atoms with E-state index in [2.05, 4.69) is 6.58 Å². The van der Waals surface area contributed by atoms with Gasteiger partial charge in [-0.1, -0.05) is 25.3 Å². The fourth-order valence-corrected chi connectivity index (χ4v) is 2.50. The molecule has 1 aliphatic rings. The second kappa shape index (κ2) is 8.26. The van der Waals surface area contributed by atoms with Crippen LogP contribution in [0.25, 0.3) is 0 Å². The number of carbonyl (C=O) groups excluding carboxylic acids is 1. The summed E-state index contributed by atoms with van der Waals surface area (Å²) in [4.78, 5) is 14.0. The molecule has 1 aliphatic carbocycles. The van der Waals surface area contributed by atoms with Gasteiger partial charge in [0.25, 0.3) is 0 Å². The van der Waals surface area contributed by atoms with Gasteiger partial charge in [0.2, 0.25) is 5.91 Å². The normalized spacial score (nSPS) is 16.8. The highest BCUT2D eigenvalue weighted by molar-refractivity contribution is 5.76. The lowest BCUT2D eigenvalue weighted by Gasteiger charge is -2.33. The molecule has 0 aromatic rings. The summed E-state index contributed by atoms with van der Waals surface area (Å²) in [6.07, 6.45) is 9.38. The van der Waals surface area contributed by atoms with Gasteiger partial charge in [0.1, 0.15) is 0 Å². The van der Waals surface area contributed by atoms with Crippen molar-refractivity contribution in [3.8, 4) is 0 Å². The SMILES string of the molecule is C=CCN(C(=O)CCCCF)C1CCCCC1. The van der Waals surface area contributed by atoms with Crippen LogP contribution in [0.3, 0.4) is 0 Å². The molecule has 0 aromatic heterocycles. The number of rotatable bonds is 7. The number of nitrogens with zero attached hydrogens (tertiary/aromatic N) is 1. The van der Waals surface area contributed by atoms with Gasteiger partial charge in [-0.25, -0.2) is 0 Å². The Morgan fingerprint density at radius 3 is 2.59 bits per heavy atom. The van der Waals surface area contributed by atoms with Gasteiger partial charge in [0, 0.05) is 19.0 Å². The van der Waals surface area contributed by atoms with E-state index in [4.69, 9.17) is 0 Å². The summed E-state index contributed by atoms with van der Waals surface area (Å²) in [6.45, 7) is 4.04.